The van der Waals surface area contributed by atoms with E-state index in [0.717, 1.165) is 49.3 Å². The van der Waals surface area contributed by atoms with Crippen molar-refractivity contribution in [2.24, 2.45) is 4.99 Å². The minimum Gasteiger partial charge on any atom is -0.356 e. The number of nitrogens with zero attached hydrogens (tertiary/aromatic N) is 4. The Morgan fingerprint density at radius 2 is 1.74 bits per heavy atom. The van der Waals surface area contributed by atoms with Gasteiger partial charge in [-0.1, -0.05) is 53.9 Å². The van der Waals surface area contributed by atoms with E-state index in [-0.39, 0.29) is 24.0 Å². The second-order valence-electron chi connectivity index (χ2n) is 8.19. The number of aromatic nitrogens is 3. The van der Waals surface area contributed by atoms with Crippen LogP contribution in [0.5, 0.6) is 0 Å². The van der Waals surface area contributed by atoms with Gasteiger partial charge >= 0.3 is 0 Å². The first-order chi connectivity index (χ1) is 14.6. The number of hydrogen-bond donors (Lipinski definition) is 2. The minimum atomic E-state index is 0. The van der Waals surface area contributed by atoms with Crippen molar-refractivity contribution >= 4 is 41.7 Å². The van der Waals surface area contributed by atoms with E-state index in [9.17, 15) is 0 Å². The summed E-state index contributed by atoms with van der Waals surface area (Å²) in [7, 11) is 1.83. The molecule has 1 saturated carbocycles. The quantitative estimate of drug-likeness (QED) is 0.154. The lowest BCUT2D eigenvalue weighted by atomic mass is 10.1. The molecule has 3 rings (SSSR count). The SMILES string of the molecule is CN=C(NCCCc1nnc(SC)n1C1CCCC1)NCCc1cc(C)cc(C)c1.I. The fraction of sp³-hybridized carbons (Fsp3) is 0.609. The van der Waals surface area contributed by atoms with Crippen LogP contribution in [-0.2, 0) is 12.8 Å². The van der Waals surface area contributed by atoms with Crippen LogP contribution in [0.1, 0.15) is 60.7 Å². The van der Waals surface area contributed by atoms with Crippen LogP contribution < -0.4 is 10.6 Å². The highest BCUT2D eigenvalue weighted by atomic mass is 127. The first-order valence-corrected chi connectivity index (χ1v) is 12.3. The zero-order valence-corrected chi connectivity index (χ0v) is 22.4. The summed E-state index contributed by atoms with van der Waals surface area (Å²) < 4.78 is 2.40. The molecule has 0 radical (unpaired) electrons. The predicted molar refractivity (Wildman–Crippen MR) is 142 cm³/mol. The van der Waals surface area contributed by atoms with Crippen LogP contribution in [0.4, 0.5) is 0 Å². The molecular formula is C23H37IN6S. The average molecular weight is 557 g/mol. The van der Waals surface area contributed by atoms with Crippen LogP contribution in [0.25, 0.3) is 0 Å². The van der Waals surface area contributed by atoms with E-state index in [2.05, 4.69) is 68.7 Å². The third kappa shape index (κ3) is 7.66. The second kappa shape index (κ2) is 13.3. The van der Waals surface area contributed by atoms with Crippen LogP contribution in [-0.4, -0.2) is 47.1 Å². The Labute approximate surface area is 208 Å². The van der Waals surface area contributed by atoms with Crippen LogP contribution >= 0.6 is 35.7 Å². The van der Waals surface area contributed by atoms with Gasteiger partial charge in [-0.25, -0.2) is 0 Å². The summed E-state index contributed by atoms with van der Waals surface area (Å²) in [6.45, 7) is 6.05. The number of nitrogens with one attached hydrogen (secondary N) is 2. The fourth-order valence-electron chi connectivity index (χ4n) is 4.36. The molecule has 6 nitrogen and oxygen atoms in total. The molecule has 0 aliphatic heterocycles. The molecule has 0 spiro atoms. The number of hydrogen-bond acceptors (Lipinski definition) is 4. The summed E-state index contributed by atoms with van der Waals surface area (Å²) in [4.78, 5) is 4.35. The molecule has 1 aromatic heterocycles. The van der Waals surface area contributed by atoms with Crippen LogP contribution in [0, 0.1) is 13.8 Å². The van der Waals surface area contributed by atoms with Gasteiger partial charge < -0.3 is 15.2 Å². The summed E-state index contributed by atoms with van der Waals surface area (Å²) in [5.41, 5.74) is 4.01. The summed E-state index contributed by atoms with van der Waals surface area (Å²) in [5, 5.41) is 16.8. The molecular weight excluding hydrogens is 519 g/mol. The lowest BCUT2D eigenvalue weighted by Crippen LogP contribution is -2.38. The van der Waals surface area contributed by atoms with Crippen molar-refractivity contribution in [1.82, 2.24) is 25.4 Å². The first kappa shape index (κ1) is 26.0. The highest BCUT2D eigenvalue weighted by Gasteiger charge is 2.23. The third-order valence-electron chi connectivity index (χ3n) is 5.69. The Morgan fingerprint density at radius 1 is 1.06 bits per heavy atom. The van der Waals surface area contributed by atoms with Gasteiger partial charge in [0.05, 0.1) is 0 Å². The summed E-state index contributed by atoms with van der Waals surface area (Å²) in [6, 6.07) is 7.32. The maximum absolute atomic E-state index is 4.48. The highest BCUT2D eigenvalue weighted by Crippen LogP contribution is 2.33. The smallest absolute Gasteiger partial charge is 0.191 e. The van der Waals surface area contributed by atoms with E-state index >= 15 is 0 Å². The lowest BCUT2D eigenvalue weighted by molar-refractivity contribution is 0.460. The summed E-state index contributed by atoms with van der Waals surface area (Å²) >= 11 is 1.70. The Hall–Kier alpha value is -1.29. The molecule has 31 heavy (non-hydrogen) atoms. The summed E-state index contributed by atoms with van der Waals surface area (Å²) in [5.74, 6) is 1.99. The standard InChI is InChI=1S/C23H36N6S.HI/c1-17-14-18(2)16-19(15-17)11-13-26-22(24-3)25-12-7-10-21-27-28-23(30-4)29(21)20-8-5-6-9-20;/h14-16,20H,5-13H2,1-4H3,(H2,24,25,26);1H. The molecule has 1 aromatic carbocycles. The van der Waals surface area contributed by atoms with E-state index < -0.39 is 0 Å². The molecule has 0 unspecified atom stereocenters. The van der Waals surface area contributed by atoms with Crippen molar-refractivity contribution < 1.29 is 0 Å². The molecule has 8 heteroatoms. The molecule has 2 aromatic rings. The molecule has 1 heterocycles. The van der Waals surface area contributed by atoms with Crippen LogP contribution in [0.3, 0.4) is 0 Å². The lowest BCUT2D eigenvalue weighted by Gasteiger charge is -2.16. The average Bonchev–Trinajstić information content (AvgIpc) is 3.38. The van der Waals surface area contributed by atoms with Gasteiger partial charge in [-0.15, -0.1) is 34.2 Å². The molecule has 1 aliphatic carbocycles. The Morgan fingerprint density at radius 3 is 2.39 bits per heavy atom. The number of thioether (sulfide) groups is 1. The van der Waals surface area contributed by atoms with Gasteiger partial charge in [-0.2, -0.15) is 0 Å². The maximum Gasteiger partial charge on any atom is 0.191 e. The van der Waals surface area contributed by atoms with Crippen molar-refractivity contribution in [2.45, 2.75) is 70.0 Å². The monoisotopic (exact) mass is 556 g/mol. The highest BCUT2D eigenvalue weighted by molar-refractivity contribution is 14.0. The van der Waals surface area contributed by atoms with E-state index in [1.807, 2.05) is 7.05 Å². The van der Waals surface area contributed by atoms with Gasteiger partial charge in [-0.3, -0.25) is 4.99 Å². The van der Waals surface area contributed by atoms with Crippen LogP contribution in [0.2, 0.25) is 0 Å². The Bertz CT molecular complexity index is 824. The number of rotatable bonds is 9. The van der Waals surface area contributed by atoms with Crippen molar-refractivity contribution in [3.63, 3.8) is 0 Å². The molecule has 0 amide bonds. The van der Waals surface area contributed by atoms with Crippen molar-refractivity contribution in [1.29, 1.82) is 0 Å². The van der Waals surface area contributed by atoms with Crippen molar-refractivity contribution in [3.8, 4) is 0 Å². The van der Waals surface area contributed by atoms with E-state index in [1.165, 1.54) is 42.4 Å². The van der Waals surface area contributed by atoms with Gasteiger partial charge in [0.2, 0.25) is 0 Å². The second-order valence-corrected chi connectivity index (χ2v) is 8.96. The number of benzene rings is 1. The number of halogens is 1. The van der Waals surface area contributed by atoms with E-state index in [0.29, 0.717) is 6.04 Å². The Kier molecular flexibility index (Phi) is 11.1. The van der Waals surface area contributed by atoms with E-state index in [1.54, 1.807) is 11.8 Å². The summed E-state index contributed by atoms with van der Waals surface area (Å²) in [6.07, 6.45) is 10.2. The topological polar surface area (TPSA) is 67.1 Å². The minimum absolute atomic E-state index is 0. The Balaban J connectivity index is 0.00000341. The van der Waals surface area contributed by atoms with Gasteiger partial charge in [0.25, 0.3) is 0 Å². The molecule has 1 fully saturated rings. The van der Waals surface area contributed by atoms with Gasteiger partial charge in [0.15, 0.2) is 11.1 Å². The molecule has 0 bridgehead atoms. The molecule has 0 atom stereocenters. The number of aryl methyl sites for hydroxylation is 3. The van der Waals surface area contributed by atoms with Crippen molar-refractivity contribution in [3.05, 3.63) is 40.7 Å². The first-order valence-electron chi connectivity index (χ1n) is 11.1. The van der Waals surface area contributed by atoms with Crippen molar-refractivity contribution in [2.75, 3.05) is 26.4 Å². The van der Waals surface area contributed by atoms with Crippen LogP contribution in [0.15, 0.2) is 28.3 Å². The fourth-order valence-corrected chi connectivity index (χ4v) is 4.93. The number of aliphatic imine (C=N–C) groups is 1. The molecule has 2 N–H and O–H groups in total. The zero-order valence-electron chi connectivity index (χ0n) is 19.3. The molecule has 1 aliphatic rings. The van der Waals surface area contributed by atoms with Gasteiger partial charge in [-0.05, 0) is 51.3 Å². The third-order valence-corrected chi connectivity index (χ3v) is 6.33. The predicted octanol–water partition coefficient (Wildman–Crippen LogP) is 4.69. The molecule has 172 valence electrons. The molecule has 0 saturated heterocycles. The van der Waals surface area contributed by atoms with Gasteiger partial charge in [0, 0.05) is 32.6 Å². The zero-order chi connectivity index (χ0) is 21.3. The van der Waals surface area contributed by atoms with Gasteiger partial charge in [0.1, 0.15) is 5.82 Å². The van der Waals surface area contributed by atoms with E-state index in [4.69, 9.17) is 0 Å². The number of guanidine groups is 1. The largest absolute Gasteiger partial charge is 0.356 e. The normalized spacial score (nSPS) is 14.5. The maximum atomic E-state index is 4.48.